The topological polar surface area (TPSA) is 174 Å². The number of carbonyl (C=O) groups excluding carboxylic acids is 3. The number of benzene rings is 3. The van der Waals surface area contributed by atoms with E-state index in [1.807, 2.05) is 30.3 Å². The first kappa shape index (κ1) is 33.7. The van der Waals surface area contributed by atoms with Gasteiger partial charge in [0.05, 0.1) is 6.10 Å². The van der Waals surface area contributed by atoms with Crippen LogP contribution >= 0.6 is 0 Å². The number of aliphatic hydroxyl groups is 1. The molecule has 1 unspecified atom stereocenters. The van der Waals surface area contributed by atoms with E-state index in [9.17, 15) is 34.2 Å². The molecule has 0 radical (unpaired) electrons. The van der Waals surface area contributed by atoms with Crippen molar-refractivity contribution >= 4 is 29.8 Å². The lowest BCUT2D eigenvalue weighted by molar-refractivity contribution is -0.145. The van der Waals surface area contributed by atoms with E-state index in [0.717, 1.165) is 21.6 Å². The summed E-state index contributed by atoms with van der Waals surface area (Å²) in [7, 11) is 0. The number of hydrogen-bond acceptors (Lipinski definition) is 7. The lowest BCUT2D eigenvalue weighted by Crippen LogP contribution is -2.56. The van der Waals surface area contributed by atoms with Crippen molar-refractivity contribution in [1.82, 2.24) is 15.1 Å². The van der Waals surface area contributed by atoms with Gasteiger partial charge in [-0.2, -0.15) is 0 Å². The van der Waals surface area contributed by atoms with Crippen LogP contribution in [0.1, 0.15) is 36.0 Å². The Bertz CT molecular complexity index is 1490. The number of carboxylic acids is 2. The van der Waals surface area contributed by atoms with Gasteiger partial charge in [0.1, 0.15) is 24.7 Å². The molecule has 242 valence electrons. The van der Waals surface area contributed by atoms with Crippen LogP contribution in [0.15, 0.2) is 91.0 Å². The van der Waals surface area contributed by atoms with Gasteiger partial charge in [-0.05, 0) is 23.1 Å². The molecule has 0 bridgehead atoms. The predicted molar refractivity (Wildman–Crippen MR) is 165 cm³/mol. The molecular weight excluding hydrogens is 594 g/mol. The molecule has 1 saturated heterocycles. The zero-order valence-corrected chi connectivity index (χ0v) is 25.1. The third-order valence-electron chi connectivity index (χ3n) is 7.69. The fourth-order valence-electron chi connectivity index (χ4n) is 5.34. The Labute approximate surface area is 266 Å². The summed E-state index contributed by atoms with van der Waals surface area (Å²) >= 11 is 0. The average Bonchev–Trinajstić information content (AvgIpc) is 3.46. The molecule has 0 aliphatic carbocycles. The van der Waals surface area contributed by atoms with Gasteiger partial charge in [-0.3, -0.25) is 19.3 Å². The molecule has 1 aliphatic heterocycles. The van der Waals surface area contributed by atoms with Crippen molar-refractivity contribution < 1.29 is 44.0 Å². The molecule has 46 heavy (non-hydrogen) atoms. The average molecular weight is 632 g/mol. The molecular formula is C34H37N3O9. The lowest BCUT2D eigenvalue weighted by atomic mass is 10.0. The van der Waals surface area contributed by atoms with Crippen LogP contribution in [0.5, 0.6) is 0 Å². The van der Waals surface area contributed by atoms with Crippen LogP contribution in [0.25, 0.3) is 0 Å². The highest BCUT2D eigenvalue weighted by Gasteiger charge is 2.44. The van der Waals surface area contributed by atoms with Crippen molar-refractivity contribution in [3.63, 3.8) is 0 Å². The van der Waals surface area contributed by atoms with Crippen LogP contribution < -0.4 is 5.32 Å². The number of amides is 3. The monoisotopic (exact) mass is 631 g/mol. The number of aliphatic carboxylic acids is 2. The summed E-state index contributed by atoms with van der Waals surface area (Å²) in [5.41, 5.74) is 2.20. The van der Waals surface area contributed by atoms with E-state index < -0.39 is 60.5 Å². The number of rotatable bonds is 14. The van der Waals surface area contributed by atoms with E-state index in [1.165, 1.54) is 4.90 Å². The number of ether oxygens (including phenoxy) is 1. The van der Waals surface area contributed by atoms with Gasteiger partial charge in [0, 0.05) is 32.4 Å². The summed E-state index contributed by atoms with van der Waals surface area (Å²) in [4.78, 5) is 66.9. The Morgan fingerprint density at radius 2 is 1.41 bits per heavy atom. The number of nitrogens with zero attached hydrogens (tertiary/aromatic N) is 2. The lowest BCUT2D eigenvalue weighted by Gasteiger charge is -2.35. The van der Waals surface area contributed by atoms with Gasteiger partial charge < -0.3 is 30.3 Å². The predicted octanol–water partition coefficient (Wildman–Crippen LogP) is 2.83. The summed E-state index contributed by atoms with van der Waals surface area (Å²) in [5.74, 6) is -4.13. The molecule has 1 fully saturated rings. The summed E-state index contributed by atoms with van der Waals surface area (Å²) in [5, 5.41) is 31.5. The van der Waals surface area contributed by atoms with E-state index in [-0.39, 0.29) is 39.0 Å². The van der Waals surface area contributed by atoms with Crippen LogP contribution in [0.3, 0.4) is 0 Å². The van der Waals surface area contributed by atoms with E-state index >= 15 is 0 Å². The second kappa shape index (κ2) is 16.2. The van der Waals surface area contributed by atoms with Crippen LogP contribution in [0.4, 0.5) is 4.79 Å². The van der Waals surface area contributed by atoms with Gasteiger partial charge in [0.25, 0.3) is 0 Å². The highest BCUT2D eigenvalue weighted by Crippen LogP contribution is 2.24. The smallest absolute Gasteiger partial charge is 0.411 e. The Kier molecular flexibility index (Phi) is 11.8. The van der Waals surface area contributed by atoms with Crippen molar-refractivity contribution in [1.29, 1.82) is 0 Å². The molecule has 3 amide bonds. The maximum absolute atomic E-state index is 14.4. The second-order valence-corrected chi connectivity index (χ2v) is 11.1. The van der Waals surface area contributed by atoms with E-state index in [4.69, 9.17) is 9.84 Å². The number of likely N-dealkylation sites (tertiary alicyclic amines) is 1. The third-order valence-corrected chi connectivity index (χ3v) is 7.69. The molecule has 12 nitrogen and oxygen atoms in total. The van der Waals surface area contributed by atoms with Crippen molar-refractivity contribution in [2.75, 3.05) is 6.54 Å². The maximum Gasteiger partial charge on any atom is 0.411 e. The largest absolute Gasteiger partial charge is 0.481 e. The summed E-state index contributed by atoms with van der Waals surface area (Å²) in [6.07, 6.45) is -2.82. The molecule has 4 N–H and O–H groups in total. The van der Waals surface area contributed by atoms with Crippen molar-refractivity contribution in [2.45, 2.75) is 63.1 Å². The fourth-order valence-corrected chi connectivity index (χ4v) is 5.34. The molecule has 1 heterocycles. The quantitative estimate of drug-likeness (QED) is 0.209. The van der Waals surface area contributed by atoms with Gasteiger partial charge in [0.15, 0.2) is 0 Å². The van der Waals surface area contributed by atoms with Crippen molar-refractivity contribution in [3.8, 4) is 0 Å². The van der Waals surface area contributed by atoms with Crippen LogP contribution in [0, 0.1) is 0 Å². The third kappa shape index (κ3) is 9.38. The standard InChI is InChI=1S/C34H37N3O9/c38-26-19-28(31(41)35-27(33(43)44)16-17-30(39)40)36(21-26)32(42)29(18-23-10-4-1-5-11-23)37(20-24-12-6-2-7-13-24)34(45)46-22-25-14-8-3-9-15-25/h1-15,26-29,38H,16-22H2,(H,35,41)(H,39,40)(H,43,44)/t26-,27+,28+,29?/m1/s1. The summed E-state index contributed by atoms with van der Waals surface area (Å²) in [6, 6.07) is 23.2. The Morgan fingerprint density at radius 3 is 1.98 bits per heavy atom. The van der Waals surface area contributed by atoms with Gasteiger partial charge >= 0.3 is 18.0 Å². The Balaban J connectivity index is 1.65. The minimum atomic E-state index is -1.51. The SMILES string of the molecule is O=C(O)CC[C@H](NC(=O)[C@@H]1C[C@@H](O)CN1C(=O)C(Cc1ccccc1)N(Cc1ccccc1)C(=O)OCc1ccccc1)C(=O)O. The molecule has 4 rings (SSSR count). The first-order valence-corrected chi connectivity index (χ1v) is 14.9. The summed E-state index contributed by atoms with van der Waals surface area (Å²) in [6.45, 7) is -0.272. The van der Waals surface area contributed by atoms with Gasteiger partial charge in [-0.1, -0.05) is 91.0 Å². The second-order valence-electron chi connectivity index (χ2n) is 11.1. The molecule has 4 atom stereocenters. The zero-order valence-electron chi connectivity index (χ0n) is 25.1. The molecule has 0 spiro atoms. The maximum atomic E-state index is 14.4. The number of carboxylic acid groups (broad SMARTS) is 2. The zero-order chi connectivity index (χ0) is 33.1. The fraction of sp³-hybridized carbons (Fsp3) is 0.324. The number of hydrogen-bond donors (Lipinski definition) is 4. The van der Waals surface area contributed by atoms with Gasteiger partial charge in [-0.25, -0.2) is 9.59 Å². The van der Waals surface area contributed by atoms with Crippen LogP contribution in [0.2, 0.25) is 0 Å². The highest BCUT2D eigenvalue weighted by atomic mass is 16.6. The van der Waals surface area contributed by atoms with E-state index in [2.05, 4.69) is 5.32 Å². The van der Waals surface area contributed by atoms with Crippen LogP contribution in [-0.4, -0.2) is 85.7 Å². The minimum absolute atomic E-state index is 0.00123. The van der Waals surface area contributed by atoms with Gasteiger partial charge in [-0.15, -0.1) is 0 Å². The number of aliphatic hydroxyl groups excluding tert-OH is 1. The Hall–Kier alpha value is -5.23. The Morgan fingerprint density at radius 1 is 0.848 bits per heavy atom. The number of carbonyl (C=O) groups is 5. The first-order chi connectivity index (χ1) is 22.1. The van der Waals surface area contributed by atoms with Gasteiger partial charge in [0.2, 0.25) is 11.8 Å². The molecule has 3 aromatic rings. The highest BCUT2D eigenvalue weighted by molar-refractivity contribution is 5.93. The normalized spacial score (nSPS) is 17.0. The summed E-state index contributed by atoms with van der Waals surface area (Å²) < 4.78 is 5.69. The molecule has 12 heteroatoms. The van der Waals surface area contributed by atoms with Crippen molar-refractivity contribution in [3.05, 3.63) is 108 Å². The number of β-amino-alcohol motifs (C(OH)–C–C–N with tert-alkyl or cyclic N) is 1. The first-order valence-electron chi connectivity index (χ1n) is 14.9. The molecule has 1 aliphatic rings. The van der Waals surface area contributed by atoms with E-state index in [0.29, 0.717) is 0 Å². The van der Waals surface area contributed by atoms with Crippen molar-refractivity contribution in [2.24, 2.45) is 0 Å². The molecule has 3 aromatic carbocycles. The molecule has 0 aromatic heterocycles. The van der Waals surface area contributed by atoms with Crippen LogP contribution in [-0.2, 0) is 43.5 Å². The minimum Gasteiger partial charge on any atom is -0.481 e. The number of nitrogens with one attached hydrogen (secondary N) is 1. The van der Waals surface area contributed by atoms with E-state index in [1.54, 1.807) is 60.7 Å². The molecule has 0 saturated carbocycles.